The molecule has 0 N–H and O–H groups in total. The van der Waals surface area contributed by atoms with Gasteiger partial charge in [-0.05, 0) is 43.5 Å². The summed E-state index contributed by atoms with van der Waals surface area (Å²) in [6.45, 7) is 1.57. The minimum absolute atomic E-state index is 0.0854. The Morgan fingerprint density at radius 1 is 1.30 bits per heavy atom. The highest BCUT2D eigenvalue weighted by Crippen LogP contribution is 2.45. The fourth-order valence-corrected chi connectivity index (χ4v) is 5.58. The Kier molecular flexibility index (Phi) is 3.24. The van der Waals surface area contributed by atoms with Crippen molar-refractivity contribution in [2.24, 2.45) is 0 Å². The molecule has 2 aliphatic rings. The molecule has 5 nitrogen and oxygen atoms in total. The first-order valence-corrected chi connectivity index (χ1v) is 9.01. The molecule has 2 unspecified atom stereocenters. The van der Waals surface area contributed by atoms with E-state index in [1.807, 2.05) is 0 Å². The van der Waals surface area contributed by atoms with Crippen molar-refractivity contribution in [3.05, 3.63) is 53.4 Å². The Labute approximate surface area is 134 Å². The lowest BCUT2D eigenvalue weighted by atomic mass is 10.0. The Morgan fingerprint density at radius 3 is 2.91 bits per heavy atom. The van der Waals surface area contributed by atoms with Gasteiger partial charge >= 0.3 is 0 Å². The van der Waals surface area contributed by atoms with Crippen molar-refractivity contribution >= 4 is 10.0 Å². The fraction of sp³-hybridized carbons (Fsp3) is 0.375. The SMILES string of the molecule is Cc1cc(S(=O)(=O)N2C3CCC2c2cncnc2C3)ccc1F. The summed E-state index contributed by atoms with van der Waals surface area (Å²) in [5.41, 5.74) is 2.16. The van der Waals surface area contributed by atoms with Crippen LogP contribution in [0.4, 0.5) is 4.39 Å². The van der Waals surface area contributed by atoms with Crippen LogP contribution in [0.5, 0.6) is 0 Å². The Balaban J connectivity index is 1.80. The summed E-state index contributed by atoms with van der Waals surface area (Å²) in [5, 5.41) is 0. The van der Waals surface area contributed by atoms with Crippen LogP contribution in [-0.2, 0) is 16.4 Å². The smallest absolute Gasteiger partial charge is 0.243 e. The van der Waals surface area contributed by atoms with E-state index in [-0.39, 0.29) is 17.0 Å². The van der Waals surface area contributed by atoms with Crippen LogP contribution in [0.3, 0.4) is 0 Å². The first kappa shape index (κ1) is 14.7. The van der Waals surface area contributed by atoms with Gasteiger partial charge in [-0.25, -0.2) is 22.8 Å². The Hall–Kier alpha value is -1.86. The van der Waals surface area contributed by atoms with Gasteiger partial charge in [-0.15, -0.1) is 0 Å². The predicted molar refractivity (Wildman–Crippen MR) is 81.7 cm³/mol. The van der Waals surface area contributed by atoms with E-state index in [1.165, 1.54) is 24.5 Å². The average molecular weight is 333 g/mol. The van der Waals surface area contributed by atoms with Gasteiger partial charge in [0.05, 0.1) is 16.6 Å². The van der Waals surface area contributed by atoms with Gasteiger partial charge in [-0.2, -0.15) is 4.31 Å². The number of aryl methyl sites for hydroxylation is 1. The summed E-state index contributed by atoms with van der Waals surface area (Å²) < 4.78 is 41.2. The first-order valence-electron chi connectivity index (χ1n) is 7.57. The van der Waals surface area contributed by atoms with E-state index in [9.17, 15) is 12.8 Å². The number of sulfonamides is 1. The summed E-state index contributed by atoms with van der Waals surface area (Å²) >= 11 is 0. The van der Waals surface area contributed by atoms with E-state index in [0.717, 1.165) is 24.1 Å². The van der Waals surface area contributed by atoms with Gasteiger partial charge in [0.2, 0.25) is 10.0 Å². The molecule has 2 atom stereocenters. The molecule has 1 aromatic heterocycles. The summed E-state index contributed by atoms with van der Waals surface area (Å²) in [7, 11) is -3.67. The molecular weight excluding hydrogens is 317 g/mol. The quantitative estimate of drug-likeness (QED) is 0.846. The van der Waals surface area contributed by atoms with Gasteiger partial charge in [0.25, 0.3) is 0 Å². The lowest BCUT2D eigenvalue weighted by molar-refractivity contribution is 0.300. The van der Waals surface area contributed by atoms with Crippen LogP contribution in [0.2, 0.25) is 0 Å². The minimum atomic E-state index is -3.67. The Morgan fingerprint density at radius 2 is 2.13 bits per heavy atom. The molecule has 2 bridgehead atoms. The molecule has 7 heteroatoms. The van der Waals surface area contributed by atoms with Crippen LogP contribution in [0.15, 0.2) is 35.6 Å². The third-order valence-electron chi connectivity index (χ3n) is 4.76. The predicted octanol–water partition coefficient (Wildman–Crippen LogP) is 2.37. The zero-order valence-electron chi connectivity index (χ0n) is 12.6. The maximum Gasteiger partial charge on any atom is 0.243 e. The molecule has 1 saturated heterocycles. The molecule has 2 aliphatic heterocycles. The zero-order chi connectivity index (χ0) is 16.2. The maximum atomic E-state index is 13.5. The number of hydrogen-bond donors (Lipinski definition) is 0. The van der Waals surface area contributed by atoms with Crippen molar-refractivity contribution in [3.63, 3.8) is 0 Å². The number of halogens is 1. The number of aromatic nitrogens is 2. The van der Waals surface area contributed by atoms with Crippen molar-refractivity contribution in [3.8, 4) is 0 Å². The largest absolute Gasteiger partial charge is 0.244 e. The van der Waals surface area contributed by atoms with E-state index < -0.39 is 15.8 Å². The number of rotatable bonds is 2. The molecule has 0 saturated carbocycles. The Bertz CT molecular complexity index is 885. The van der Waals surface area contributed by atoms with Crippen molar-refractivity contribution in [2.45, 2.75) is 43.2 Å². The molecule has 0 amide bonds. The van der Waals surface area contributed by atoms with E-state index in [4.69, 9.17) is 0 Å². The van der Waals surface area contributed by atoms with E-state index >= 15 is 0 Å². The van der Waals surface area contributed by atoms with Crippen LogP contribution in [0.25, 0.3) is 0 Å². The lowest BCUT2D eigenvalue weighted by Gasteiger charge is -2.34. The minimum Gasteiger partial charge on any atom is -0.244 e. The second-order valence-electron chi connectivity index (χ2n) is 6.12. The van der Waals surface area contributed by atoms with Crippen molar-refractivity contribution in [1.29, 1.82) is 0 Å². The van der Waals surface area contributed by atoms with Crippen molar-refractivity contribution in [2.75, 3.05) is 0 Å². The topological polar surface area (TPSA) is 63.2 Å². The lowest BCUT2D eigenvalue weighted by Crippen LogP contribution is -2.42. The van der Waals surface area contributed by atoms with Gasteiger partial charge in [-0.1, -0.05) is 0 Å². The molecule has 0 radical (unpaired) electrons. The monoisotopic (exact) mass is 333 g/mol. The summed E-state index contributed by atoms with van der Waals surface area (Å²) in [6.07, 6.45) is 5.40. The van der Waals surface area contributed by atoms with Crippen LogP contribution >= 0.6 is 0 Å². The second kappa shape index (κ2) is 5.07. The summed E-state index contributed by atoms with van der Waals surface area (Å²) in [4.78, 5) is 8.49. The van der Waals surface area contributed by atoms with Gasteiger partial charge < -0.3 is 0 Å². The van der Waals surface area contributed by atoms with E-state index in [1.54, 1.807) is 17.4 Å². The summed E-state index contributed by atoms with van der Waals surface area (Å²) in [5.74, 6) is -0.399. The summed E-state index contributed by atoms with van der Waals surface area (Å²) in [6, 6.07) is 3.65. The van der Waals surface area contributed by atoms with Crippen LogP contribution in [-0.4, -0.2) is 28.7 Å². The van der Waals surface area contributed by atoms with Crippen molar-refractivity contribution < 1.29 is 12.8 Å². The van der Waals surface area contributed by atoms with Crippen LogP contribution in [0.1, 0.15) is 35.7 Å². The standard InChI is InChI=1S/C16H16FN3O2S/c1-10-6-12(3-4-14(10)17)23(21,22)20-11-2-5-16(20)13-8-18-9-19-15(13)7-11/h3-4,6,8-9,11,16H,2,5,7H2,1H3. The van der Waals surface area contributed by atoms with Gasteiger partial charge in [0.1, 0.15) is 12.1 Å². The number of nitrogens with zero attached hydrogens (tertiary/aromatic N) is 3. The van der Waals surface area contributed by atoms with Gasteiger partial charge in [-0.3, -0.25) is 0 Å². The third-order valence-corrected chi connectivity index (χ3v) is 6.72. The molecule has 0 aliphatic carbocycles. The molecule has 1 fully saturated rings. The molecule has 4 rings (SSSR count). The van der Waals surface area contributed by atoms with Crippen molar-refractivity contribution in [1.82, 2.24) is 14.3 Å². The van der Waals surface area contributed by atoms with E-state index in [2.05, 4.69) is 9.97 Å². The number of benzene rings is 1. The average Bonchev–Trinajstić information content (AvgIpc) is 2.86. The molecule has 2 aromatic rings. The molecule has 0 spiro atoms. The van der Waals surface area contributed by atoms with E-state index in [0.29, 0.717) is 12.0 Å². The second-order valence-corrected chi connectivity index (χ2v) is 7.96. The highest BCUT2D eigenvalue weighted by Gasteiger charge is 2.47. The first-order chi connectivity index (χ1) is 11.0. The van der Waals surface area contributed by atoms with Gasteiger partial charge in [0.15, 0.2) is 0 Å². The molecule has 3 heterocycles. The number of hydrogen-bond acceptors (Lipinski definition) is 4. The zero-order valence-corrected chi connectivity index (χ0v) is 13.4. The van der Waals surface area contributed by atoms with Crippen LogP contribution in [0, 0.1) is 12.7 Å². The highest BCUT2D eigenvalue weighted by molar-refractivity contribution is 7.89. The third kappa shape index (κ3) is 2.18. The molecule has 1 aromatic carbocycles. The van der Waals surface area contributed by atoms with Gasteiger partial charge in [0, 0.05) is 24.2 Å². The molecule has 23 heavy (non-hydrogen) atoms. The maximum absolute atomic E-state index is 13.5. The number of fused-ring (bicyclic) bond motifs is 4. The fourth-order valence-electron chi connectivity index (χ4n) is 3.64. The van der Waals surface area contributed by atoms with Crippen LogP contribution < -0.4 is 0 Å². The normalized spacial score (nSPS) is 23.7. The highest BCUT2D eigenvalue weighted by atomic mass is 32.2. The molecule has 120 valence electrons. The molecular formula is C16H16FN3O2S.